The van der Waals surface area contributed by atoms with Crippen molar-refractivity contribution in [2.24, 2.45) is 5.92 Å². The van der Waals surface area contributed by atoms with Gasteiger partial charge in [0.15, 0.2) is 5.60 Å². The molecule has 0 amide bonds. The lowest BCUT2D eigenvalue weighted by molar-refractivity contribution is -0.163. The van der Waals surface area contributed by atoms with Crippen LogP contribution in [0.3, 0.4) is 0 Å². The number of carboxylic acid groups (broad SMARTS) is 1. The fourth-order valence-electron chi connectivity index (χ4n) is 4.89. The number of aliphatic hydroxyl groups is 1. The highest BCUT2D eigenvalue weighted by Gasteiger charge is 2.38. The third kappa shape index (κ3) is 7.19. The number of nitrogens with one attached hydrogen (secondary N) is 1. The highest BCUT2D eigenvalue weighted by molar-refractivity contribution is 5.76. The maximum Gasteiger partial charge on any atom is 0.335 e. The zero-order valence-corrected chi connectivity index (χ0v) is 16.8. The third-order valence-corrected chi connectivity index (χ3v) is 6.76. The van der Waals surface area contributed by atoms with E-state index in [1.807, 2.05) is 0 Å². The summed E-state index contributed by atoms with van der Waals surface area (Å²) >= 11 is 0. The predicted molar refractivity (Wildman–Crippen MR) is 106 cm³/mol. The summed E-state index contributed by atoms with van der Waals surface area (Å²) in [5.41, 5.74) is -1.52. The van der Waals surface area contributed by atoms with Crippen molar-refractivity contribution >= 4 is 5.97 Å². The van der Waals surface area contributed by atoms with Gasteiger partial charge in [-0.3, -0.25) is 0 Å². The second kappa shape index (κ2) is 11.3. The summed E-state index contributed by atoms with van der Waals surface area (Å²) in [5.74, 6) is -1.15. The van der Waals surface area contributed by atoms with Crippen molar-refractivity contribution in [1.29, 1.82) is 0 Å². The second-order valence-corrected chi connectivity index (χ2v) is 8.98. The van der Waals surface area contributed by atoms with E-state index < -0.39 is 11.6 Å². The normalized spacial score (nSPS) is 26.2. The van der Waals surface area contributed by atoms with Crippen molar-refractivity contribution in [3.63, 3.8) is 0 Å². The lowest BCUT2D eigenvalue weighted by atomic mass is 9.83. The third-order valence-electron chi connectivity index (χ3n) is 6.76. The van der Waals surface area contributed by atoms with Crippen LogP contribution in [0.25, 0.3) is 0 Å². The van der Waals surface area contributed by atoms with Gasteiger partial charge in [0.2, 0.25) is 0 Å². The molecule has 0 spiro atoms. The highest BCUT2D eigenvalue weighted by atomic mass is 16.4. The smallest absolute Gasteiger partial charge is 0.335 e. The molecule has 3 saturated carbocycles. The van der Waals surface area contributed by atoms with Crippen molar-refractivity contribution in [1.82, 2.24) is 5.32 Å². The summed E-state index contributed by atoms with van der Waals surface area (Å²) < 4.78 is 0. The van der Waals surface area contributed by atoms with Crippen LogP contribution in [-0.2, 0) is 4.79 Å². The summed E-state index contributed by atoms with van der Waals surface area (Å²) in [6, 6.07) is 1.74. The van der Waals surface area contributed by atoms with Crippen molar-refractivity contribution in [2.75, 3.05) is 0 Å². The van der Waals surface area contributed by atoms with Crippen LogP contribution in [0.5, 0.6) is 0 Å². The molecule has 0 aromatic carbocycles. The molecule has 3 fully saturated rings. The first-order chi connectivity index (χ1) is 12.5. The van der Waals surface area contributed by atoms with E-state index in [2.05, 4.69) is 5.32 Å². The Hall–Kier alpha value is -0.610. The monoisotopic (exact) mass is 367 g/mol. The van der Waals surface area contributed by atoms with E-state index in [0.717, 1.165) is 37.8 Å². The van der Waals surface area contributed by atoms with Gasteiger partial charge in [-0.2, -0.15) is 0 Å². The first-order valence-corrected chi connectivity index (χ1v) is 11.2. The average molecular weight is 368 g/mol. The SMILES string of the molecule is C1CCC(NC2CCCCC2)CC1.CC(O)(C(=O)O)C1CCCCCC1. The molecule has 0 heterocycles. The van der Waals surface area contributed by atoms with Crippen LogP contribution in [0, 0.1) is 5.92 Å². The molecule has 0 radical (unpaired) electrons. The Morgan fingerprint density at radius 3 is 1.46 bits per heavy atom. The van der Waals surface area contributed by atoms with Gasteiger partial charge in [-0.15, -0.1) is 0 Å². The second-order valence-electron chi connectivity index (χ2n) is 8.98. The average Bonchev–Trinajstić information content (AvgIpc) is 2.94. The minimum Gasteiger partial charge on any atom is -0.479 e. The molecule has 3 rings (SSSR count). The summed E-state index contributed by atoms with van der Waals surface area (Å²) in [5, 5.41) is 22.4. The molecule has 0 saturated heterocycles. The molecule has 0 aromatic heterocycles. The molecule has 4 heteroatoms. The van der Waals surface area contributed by atoms with E-state index in [1.54, 1.807) is 0 Å². The molecule has 3 N–H and O–H groups in total. The van der Waals surface area contributed by atoms with Gasteiger partial charge in [0.25, 0.3) is 0 Å². The van der Waals surface area contributed by atoms with Gasteiger partial charge in [-0.25, -0.2) is 4.79 Å². The van der Waals surface area contributed by atoms with E-state index in [0.29, 0.717) is 0 Å². The Morgan fingerprint density at radius 2 is 1.08 bits per heavy atom. The molecule has 0 aliphatic heterocycles. The fourth-order valence-corrected chi connectivity index (χ4v) is 4.89. The van der Waals surface area contributed by atoms with Crippen molar-refractivity contribution in [3.05, 3.63) is 0 Å². The Bertz CT molecular complexity index is 374. The molecule has 1 unspecified atom stereocenters. The van der Waals surface area contributed by atoms with Crippen LogP contribution in [0.1, 0.15) is 110 Å². The van der Waals surface area contributed by atoms with Gasteiger partial charge in [-0.05, 0) is 51.4 Å². The number of carbonyl (C=O) groups is 1. The van der Waals surface area contributed by atoms with Crippen molar-refractivity contribution in [3.8, 4) is 0 Å². The van der Waals surface area contributed by atoms with Crippen LogP contribution < -0.4 is 5.32 Å². The van der Waals surface area contributed by atoms with Crippen LogP contribution >= 0.6 is 0 Å². The molecule has 4 nitrogen and oxygen atoms in total. The van der Waals surface area contributed by atoms with Crippen LogP contribution in [0.15, 0.2) is 0 Å². The first-order valence-electron chi connectivity index (χ1n) is 11.2. The number of hydrogen-bond donors (Lipinski definition) is 3. The van der Waals surface area contributed by atoms with E-state index in [4.69, 9.17) is 5.11 Å². The largest absolute Gasteiger partial charge is 0.479 e. The molecule has 3 aliphatic rings. The highest BCUT2D eigenvalue weighted by Crippen LogP contribution is 2.31. The minimum absolute atomic E-state index is 0.0625. The van der Waals surface area contributed by atoms with Gasteiger partial charge in [-0.1, -0.05) is 64.2 Å². The lowest BCUT2D eigenvalue weighted by Gasteiger charge is -2.30. The standard InChI is InChI=1S/C12H23N.C10H18O3/c1-3-7-11(8-4-1)13-12-9-5-2-6-10-12;1-10(13,9(11)12)8-6-4-2-3-5-7-8/h11-13H,1-10H2;8,13H,2-7H2,1H3,(H,11,12). The lowest BCUT2D eigenvalue weighted by Crippen LogP contribution is -2.42. The minimum atomic E-state index is -1.52. The van der Waals surface area contributed by atoms with Gasteiger partial charge < -0.3 is 15.5 Å². The van der Waals surface area contributed by atoms with E-state index in [-0.39, 0.29) is 5.92 Å². The van der Waals surface area contributed by atoms with Crippen molar-refractivity contribution in [2.45, 2.75) is 127 Å². The molecule has 0 aromatic rings. The molecule has 3 aliphatic carbocycles. The Labute approximate surface area is 160 Å². The summed E-state index contributed by atoms with van der Waals surface area (Å²) in [4.78, 5) is 10.8. The molecule has 26 heavy (non-hydrogen) atoms. The molecule has 0 bridgehead atoms. The predicted octanol–water partition coefficient (Wildman–Crippen LogP) is 5.03. The maximum atomic E-state index is 10.8. The summed E-state index contributed by atoms with van der Waals surface area (Å²) in [6.45, 7) is 1.42. The fraction of sp³-hybridized carbons (Fsp3) is 0.955. The van der Waals surface area contributed by atoms with Gasteiger partial charge in [0.1, 0.15) is 0 Å². The Kier molecular flexibility index (Phi) is 9.41. The first kappa shape index (κ1) is 21.7. The zero-order valence-electron chi connectivity index (χ0n) is 16.8. The number of aliphatic carboxylic acids is 1. The van der Waals surface area contributed by atoms with E-state index >= 15 is 0 Å². The Balaban J connectivity index is 0.000000187. The maximum absolute atomic E-state index is 10.8. The van der Waals surface area contributed by atoms with E-state index in [1.165, 1.54) is 84.0 Å². The molecule has 1 atom stereocenters. The molecule has 152 valence electrons. The van der Waals surface area contributed by atoms with Gasteiger partial charge in [0, 0.05) is 12.1 Å². The van der Waals surface area contributed by atoms with Crippen LogP contribution in [0.2, 0.25) is 0 Å². The van der Waals surface area contributed by atoms with Crippen LogP contribution in [-0.4, -0.2) is 33.9 Å². The van der Waals surface area contributed by atoms with Crippen LogP contribution in [0.4, 0.5) is 0 Å². The number of carboxylic acids is 1. The quantitative estimate of drug-likeness (QED) is 0.609. The summed E-state index contributed by atoms with van der Waals surface area (Å²) in [7, 11) is 0. The van der Waals surface area contributed by atoms with Gasteiger partial charge in [0.05, 0.1) is 0 Å². The molecular formula is C22H41NO3. The number of rotatable bonds is 4. The topological polar surface area (TPSA) is 69.6 Å². The van der Waals surface area contributed by atoms with Gasteiger partial charge >= 0.3 is 5.97 Å². The zero-order chi connectivity index (χ0) is 18.8. The number of hydrogen-bond acceptors (Lipinski definition) is 3. The summed E-state index contributed by atoms with van der Waals surface area (Å²) in [6.07, 6.45) is 20.7. The van der Waals surface area contributed by atoms with E-state index in [9.17, 15) is 9.90 Å². The Morgan fingerprint density at radius 1 is 0.731 bits per heavy atom. The molecular weight excluding hydrogens is 326 g/mol. The van der Waals surface area contributed by atoms with Crippen molar-refractivity contribution < 1.29 is 15.0 Å².